The van der Waals surface area contributed by atoms with E-state index in [1.165, 1.54) is 42.5 Å². The topological polar surface area (TPSA) is 68.3 Å². The van der Waals surface area contributed by atoms with Gasteiger partial charge in [0.2, 0.25) is 19.7 Å². The third kappa shape index (κ3) is 2.95. The van der Waals surface area contributed by atoms with Crippen LogP contribution in [-0.2, 0) is 19.7 Å². The molecule has 0 amide bonds. The van der Waals surface area contributed by atoms with Gasteiger partial charge in [-0.15, -0.1) is 11.3 Å². The molecule has 23 heavy (non-hydrogen) atoms. The Bertz CT molecular complexity index is 1000. The van der Waals surface area contributed by atoms with Crippen LogP contribution in [0.5, 0.6) is 0 Å². The summed E-state index contributed by atoms with van der Waals surface area (Å²) in [6.07, 6.45) is 0. The summed E-state index contributed by atoms with van der Waals surface area (Å²) in [4.78, 5) is 0.314. The smallest absolute Gasteiger partial charge is 0.215 e. The first-order valence-electron chi connectivity index (χ1n) is 6.61. The Morgan fingerprint density at radius 3 is 1.61 bits per heavy atom. The van der Waals surface area contributed by atoms with Crippen molar-refractivity contribution < 1.29 is 16.8 Å². The van der Waals surface area contributed by atoms with Gasteiger partial charge in [-0.2, -0.15) is 0 Å². The first-order valence-corrected chi connectivity index (χ1v) is 10.5. The number of thiophene rings is 1. The van der Waals surface area contributed by atoms with E-state index >= 15 is 0 Å². The Kier molecular flexibility index (Phi) is 4.09. The summed E-state index contributed by atoms with van der Waals surface area (Å²) >= 11 is 1.13. The molecule has 0 fully saturated rings. The molecule has 0 bridgehead atoms. The summed E-state index contributed by atoms with van der Waals surface area (Å²) in [5, 5.41) is 1.68. The zero-order chi connectivity index (χ0) is 16.5. The molecule has 0 unspecified atom stereocenters. The van der Waals surface area contributed by atoms with Crippen molar-refractivity contribution in [2.75, 3.05) is 0 Å². The molecule has 118 valence electrons. The Balaban J connectivity index is 2.01. The maximum Gasteiger partial charge on any atom is 0.215 e. The van der Waals surface area contributed by atoms with Gasteiger partial charge in [0.15, 0.2) is 0 Å². The summed E-state index contributed by atoms with van der Waals surface area (Å²) in [6, 6.07) is 16.5. The molecular formula is C16H12O4S3. The van der Waals surface area contributed by atoms with Crippen LogP contribution in [-0.4, -0.2) is 16.8 Å². The van der Waals surface area contributed by atoms with E-state index in [1.54, 1.807) is 29.6 Å². The van der Waals surface area contributed by atoms with E-state index in [4.69, 9.17) is 0 Å². The first kappa shape index (κ1) is 15.9. The summed E-state index contributed by atoms with van der Waals surface area (Å²) in [5.41, 5.74) is 0. The van der Waals surface area contributed by atoms with Crippen LogP contribution >= 0.6 is 11.3 Å². The van der Waals surface area contributed by atoms with Crippen molar-refractivity contribution in [3.8, 4) is 0 Å². The molecule has 7 heteroatoms. The zero-order valence-electron chi connectivity index (χ0n) is 11.8. The first-order chi connectivity index (χ1) is 10.9. The van der Waals surface area contributed by atoms with Crippen molar-refractivity contribution in [3.63, 3.8) is 0 Å². The third-order valence-electron chi connectivity index (χ3n) is 3.26. The van der Waals surface area contributed by atoms with E-state index in [0.29, 0.717) is 0 Å². The number of benzene rings is 2. The molecular weight excluding hydrogens is 352 g/mol. The maximum absolute atomic E-state index is 12.5. The maximum atomic E-state index is 12.5. The van der Waals surface area contributed by atoms with E-state index in [-0.39, 0.29) is 18.9 Å². The van der Waals surface area contributed by atoms with E-state index < -0.39 is 19.7 Å². The van der Waals surface area contributed by atoms with Gasteiger partial charge in [0.25, 0.3) is 0 Å². The van der Waals surface area contributed by atoms with Gasteiger partial charge in [-0.1, -0.05) is 24.3 Å². The highest BCUT2D eigenvalue weighted by molar-refractivity contribution is 7.93. The van der Waals surface area contributed by atoms with Crippen molar-refractivity contribution in [2.45, 2.75) is 18.9 Å². The van der Waals surface area contributed by atoms with Gasteiger partial charge in [-0.25, -0.2) is 16.8 Å². The Labute approximate surface area is 138 Å². The standard InChI is InChI=1S/C16H12O4S3/c17-22(18,13-5-2-1-3-6-13)14-8-10-15(11-9-14)23(19,20)16-7-4-12-21-16/h1-12H. The molecule has 3 rings (SSSR count). The lowest BCUT2D eigenvalue weighted by molar-refractivity contribution is 0.593. The van der Waals surface area contributed by atoms with Gasteiger partial charge in [0.1, 0.15) is 4.21 Å². The van der Waals surface area contributed by atoms with Gasteiger partial charge in [0, 0.05) is 0 Å². The van der Waals surface area contributed by atoms with Gasteiger partial charge in [-0.3, -0.25) is 0 Å². The molecule has 1 heterocycles. The molecule has 0 spiro atoms. The van der Waals surface area contributed by atoms with E-state index in [0.717, 1.165) is 11.3 Å². The van der Waals surface area contributed by atoms with E-state index in [1.807, 2.05) is 0 Å². The van der Waals surface area contributed by atoms with Crippen LogP contribution in [0.2, 0.25) is 0 Å². The molecule has 2 aromatic carbocycles. The summed E-state index contributed by atoms with van der Waals surface area (Å²) in [7, 11) is -7.25. The van der Waals surface area contributed by atoms with Crippen molar-refractivity contribution in [1.29, 1.82) is 0 Å². The Morgan fingerprint density at radius 1 is 0.565 bits per heavy atom. The predicted octanol–water partition coefficient (Wildman–Crippen LogP) is 3.41. The van der Waals surface area contributed by atoms with Crippen LogP contribution in [0.1, 0.15) is 0 Å². The molecule has 0 aliphatic heterocycles. The molecule has 0 radical (unpaired) electrons. The van der Waals surface area contributed by atoms with Crippen LogP contribution in [0.3, 0.4) is 0 Å². The van der Waals surface area contributed by atoms with Crippen LogP contribution < -0.4 is 0 Å². The van der Waals surface area contributed by atoms with Crippen LogP contribution in [0.25, 0.3) is 0 Å². The van der Waals surface area contributed by atoms with Crippen LogP contribution in [0, 0.1) is 0 Å². The molecule has 0 saturated heterocycles. The number of hydrogen-bond donors (Lipinski definition) is 0. The minimum absolute atomic E-state index is 0.0637. The lowest BCUT2D eigenvalue weighted by atomic mass is 10.4. The number of rotatable bonds is 4. The van der Waals surface area contributed by atoms with Gasteiger partial charge in [-0.05, 0) is 47.8 Å². The molecule has 4 nitrogen and oxygen atoms in total. The zero-order valence-corrected chi connectivity index (χ0v) is 14.2. The molecule has 0 aliphatic carbocycles. The van der Waals surface area contributed by atoms with Gasteiger partial charge < -0.3 is 0 Å². The van der Waals surface area contributed by atoms with Crippen molar-refractivity contribution in [2.24, 2.45) is 0 Å². The average Bonchev–Trinajstić information content (AvgIpc) is 3.11. The fraction of sp³-hybridized carbons (Fsp3) is 0. The highest BCUT2D eigenvalue weighted by Crippen LogP contribution is 2.27. The quantitative estimate of drug-likeness (QED) is 0.711. The van der Waals surface area contributed by atoms with Crippen LogP contribution in [0.15, 0.2) is 91.0 Å². The summed E-state index contributed by atoms with van der Waals surface area (Å²) in [6.45, 7) is 0. The lowest BCUT2D eigenvalue weighted by Crippen LogP contribution is -2.04. The summed E-state index contributed by atoms with van der Waals surface area (Å²) < 4.78 is 50.0. The number of hydrogen-bond acceptors (Lipinski definition) is 5. The Hall–Kier alpha value is -1.96. The minimum atomic E-state index is -3.65. The number of sulfone groups is 2. The Morgan fingerprint density at radius 2 is 1.09 bits per heavy atom. The highest BCUT2D eigenvalue weighted by Gasteiger charge is 2.21. The summed E-state index contributed by atoms with van der Waals surface area (Å²) in [5.74, 6) is 0. The van der Waals surface area contributed by atoms with Gasteiger partial charge in [0.05, 0.1) is 14.7 Å². The fourth-order valence-corrected chi connectivity index (χ4v) is 5.74. The van der Waals surface area contributed by atoms with E-state index in [9.17, 15) is 16.8 Å². The molecule has 0 saturated carbocycles. The highest BCUT2D eigenvalue weighted by atomic mass is 32.2. The largest absolute Gasteiger partial charge is 0.219 e. The molecule has 1 aromatic heterocycles. The second kappa shape index (κ2) is 5.92. The van der Waals surface area contributed by atoms with Crippen molar-refractivity contribution in [3.05, 3.63) is 72.1 Å². The second-order valence-corrected chi connectivity index (χ2v) is 9.80. The molecule has 0 aliphatic rings. The SMILES string of the molecule is O=S(=O)(c1ccccc1)c1ccc(S(=O)(=O)c2cccs2)cc1. The van der Waals surface area contributed by atoms with Crippen molar-refractivity contribution >= 4 is 31.0 Å². The average molecular weight is 364 g/mol. The van der Waals surface area contributed by atoms with Gasteiger partial charge >= 0.3 is 0 Å². The predicted molar refractivity (Wildman–Crippen MR) is 88.1 cm³/mol. The third-order valence-corrected chi connectivity index (χ3v) is 8.21. The monoisotopic (exact) mass is 364 g/mol. The van der Waals surface area contributed by atoms with Crippen LogP contribution in [0.4, 0.5) is 0 Å². The molecule has 0 N–H and O–H groups in total. The molecule has 3 aromatic rings. The van der Waals surface area contributed by atoms with Crippen molar-refractivity contribution in [1.82, 2.24) is 0 Å². The lowest BCUT2D eigenvalue weighted by Gasteiger charge is -2.06. The normalized spacial score (nSPS) is 12.2. The molecule has 0 atom stereocenters. The van der Waals surface area contributed by atoms with E-state index in [2.05, 4.69) is 0 Å². The minimum Gasteiger partial charge on any atom is -0.219 e. The fourth-order valence-electron chi connectivity index (χ4n) is 2.07. The second-order valence-electron chi connectivity index (χ2n) is 4.72.